The van der Waals surface area contributed by atoms with Crippen LogP contribution in [0.3, 0.4) is 0 Å². The van der Waals surface area contributed by atoms with Crippen molar-refractivity contribution >= 4 is 22.7 Å². The van der Waals surface area contributed by atoms with Crippen molar-refractivity contribution in [2.45, 2.75) is 45.7 Å². The minimum Gasteiger partial charge on any atom is -0.342 e. The number of nitrogens with zero attached hydrogens (tertiary/aromatic N) is 4. The zero-order valence-corrected chi connectivity index (χ0v) is 21.3. The molecule has 1 fully saturated rings. The van der Waals surface area contributed by atoms with E-state index in [1.165, 1.54) is 4.90 Å². The van der Waals surface area contributed by atoms with Crippen molar-refractivity contribution in [1.82, 2.24) is 14.5 Å². The van der Waals surface area contributed by atoms with Crippen molar-refractivity contribution in [2.24, 2.45) is 18.9 Å². The molecule has 3 aromatic rings. The van der Waals surface area contributed by atoms with Crippen LogP contribution in [-0.4, -0.2) is 45.4 Å². The minimum atomic E-state index is -4.56. The van der Waals surface area contributed by atoms with Crippen LogP contribution in [0.1, 0.15) is 58.8 Å². The molecule has 2 aromatic heterocycles. The Labute approximate surface area is 213 Å². The summed E-state index contributed by atoms with van der Waals surface area (Å²) in [7, 11) is 1.89. The van der Waals surface area contributed by atoms with Crippen LogP contribution < -0.4 is 0 Å². The first kappa shape index (κ1) is 26.4. The number of piperidine rings is 1. The lowest BCUT2D eigenvalue weighted by molar-refractivity contribution is -0.186. The highest BCUT2D eigenvalue weighted by atomic mass is 19.4. The van der Waals surface area contributed by atoms with Gasteiger partial charge in [0, 0.05) is 49.9 Å². The summed E-state index contributed by atoms with van der Waals surface area (Å²) >= 11 is 0. The molecule has 3 atom stereocenters. The van der Waals surface area contributed by atoms with Crippen LogP contribution in [0.2, 0.25) is 0 Å². The number of fused-ring (bicyclic) bond motifs is 1. The molecule has 0 N–H and O–H groups in total. The molecule has 4 rings (SSSR count). The van der Waals surface area contributed by atoms with Crippen LogP contribution in [0.5, 0.6) is 0 Å². The summed E-state index contributed by atoms with van der Waals surface area (Å²) in [5.41, 5.74) is 4.40. The van der Waals surface area contributed by atoms with E-state index in [4.69, 9.17) is 5.26 Å². The number of hydrogen-bond acceptors (Lipinski definition) is 4. The number of nitriles is 1. The summed E-state index contributed by atoms with van der Waals surface area (Å²) < 4.78 is 41.2. The SMILES string of the molecule is Cc1c(CC(=O)c2cccc(C#N)c2)cnc2c1c([C@@H]1CCN(C(=O)[C@@H](C)C(F)(F)F)C[C@@H]1C)cn2C. The number of carbonyl (C=O) groups excluding carboxylic acids is 2. The number of ketones is 1. The molecule has 1 saturated heterocycles. The number of pyridine rings is 1. The molecule has 37 heavy (non-hydrogen) atoms. The van der Waals surface area contributed by atoms with Crippen molar-refractivity contribution in [3.8, 4) is 6.07 Å². The maximum atomic E-state index is 13.1. The average Bonchev–Trinajstić information content (AvgIpc) is 3.20. The van der Waals surface area contributed by atoms with E-state index in [0.717, 1.165) is 34.6 Å². The second-order valence-electron chi connectivity index (χ2n) is 10.0. The number of amides is 1. The third-order valence-electron chi connectivity index (χ3n) is 7.52. The second kappa shape index (κ2) is 10.0. The number of aromatic nitrogens is 2. The van der Waals surface area contributed by atoms with Crippen LogP contribution in [0, 0.1) is 30.1 Å². The van der Waals surface area contributed by atoms with Gasteiger partial charge in [0.15, 0.2) is 5.78 Å². The van der Waals surface area contributed by atoms with Gasteiger partial charge >= 0.3 is 6.18 Å². The number of hydrogen-bond donors (Lipinski definition) is 0. The quantitative estimate of drug-likeness (QED) is 0.435. The lowest BCUT2D eigenvalue weighted by atomic mass is 9.80. The fourth-order valence-electron chi connectivity index (χ4n) is 5.29. The van der Waals surface area contributed by atoms with E-state index >= 15 is 0 Å². The summed E-state index contributed by atoms with van der Waals surface area (Å²) in [6, 6.07) is 8.65. The predicted octanol–water partition coefficient (Wildman–Crippen LogP) is 5.33. The maximum absolute atomic E-state index is 13.1. The average molecular weight is 511 g/mol. The van der Waals surface area contributed by atoms with E-state index < -0.39 is 18.0 Å². The maximum Gasteiger partial charge on any atom is 0.400 e. The zero-order chi connectivity index (χ0) is 27.1. The number of alkyl halides is 3. The Morgan fingerprint density at radius 1 is 1.30 bits per heavy atom. The van der Waals surface area contributed by atoms with Crippen LogP contribution in [-0.2, 0) is 18.3 Å². The first-order chi connectivity index (χ1) is 17.4. The number of carbonyl (C=O) groups is 2. The molecule has 0 bridgehead atoms. The van der Waals surface area contributed by atoms with Gasteiger partial charge < -0.3 is 9.47 Å². The van der Waals surface area contributed by atoms with E-state index in [-0.39, 0.29) is 37.1 Å². The largest absolute Gasteiger partial charge is 0.400 e. The standard InChI is InChI=1S/C28H29F3N4O2/c1-16-14-35(27(37)18(3)28(29,30)31)9-8-22(16)23-15-34(4)26-25(23)17(2)21(13-33-26)11-24(36)20-7-5-6-19(10-20)12-32/h5-7,10,13,15-16,18,22H,8-9,11,14H2,1-4H3/t16-,18+,22+/m0/s1. The molecule has 1 aromatic carbocycles. The fraction of sp³-hybridized carbons (Fsp3) is 0.429. The summed E-state index contributed by atoms with van der Waals surface area (Å²) in [5.74, 6) is -3.03. The third-order valence-corrected chi connectivity index (χ3v) is 7.52. The lowest BCUT2D eigenvalue weighted by Crippen LogP contribution is -2.47. The van der Waals surface area contributed by atoms with Gasteiger partial charge in [-0.1, -0.05) is 19.1 Å². The van der Waals surface area contributed by atoms with Crippen molar-refractivity contribution in [3.05, 3.63) is 64.5 Å². The summed E-state index contributed by atoms with van der Waals surface area (Å²) in [4.78, 5) is 31.4. The van der Waals surface area contributed by atoms with Gasteiger partial charge in [0.2, 0.25) is 5.91 Å². The molecule has 0 saturated carbocycles. The molecule has 9 heteroatoms. The first-order valence-corrected chi connectivity index (χ1v) is 12.2. The molecule has 0 aliphatic carbocycles. The summed E-state index contributed by atoms with van der Waals surface area (Å²) in [6.07, 6.45) is -0.171. The number of Topliss-reactive ketones (excluding diaryl/α,β-unsaturated/α-hetero) is 1. The highest BCUT2D eigenvalue weighted by molar-refractivity contribution is 5.98. The Morgan fingerprint density at radius 2 is 2.03 bits per heavy atom. The molecular weight excluding hydrogens is 481 g/mol. The molecule has 0 unspecified atom stereocenters. The van der Waals surface area contributed by atoms with Crippen molar-refractivity contribution in [2.75, 3.05) is 13.1 Å². The molecule has 0 radical (unpaired) electrons. The molecular formula is C28H29F3N4O2. The molecule has 1 aliphatic rings. The third kappa shape index (κ3) is 5.10. The van der Waals surface area contributed by atoms with Gasteiger partial charge in [-0.15, -0.1) is 0 Å². The summed E-state index contributed by atoms with van der Waals surface area (Å²) in [6.45, 7) is 5.33. The minimum absolute atomic E-state index is 0.0349. The van der Waals surface area contributed by atoms with E-state index in [0.29, 0.717) is 17.5 Å². The van der Waals surface area contributed by atoms with Gasteiger partial charge in [0.1, 0.15) is 11.6 Å². The van der Waals surface area contributed by atoms with Crippen molar-refractivity contribution in [3.63, 3.8) is 0 Å². The Balaban J connectivity index is 1.61. The second-order valence-corrected chi connectivity index (χ2v) is 10.0. The van der Waals surface area contributed by atoms with Crippen molar-refractivity contribution in [1.29, 1.82) is 5.26 Å². The number of aryl methyl sites for hydroxylation is 2. The summed E-state index contributed by atoms with van der Waals surface area (Å²) in [5, 5.41) is 10.1. The molecule has 3 heterocycles. The van der Waals surface area contributed by atoms with Gasteiger partial charge in [-0.2, -0.15) is 18.4 Å². The highest BCUT2D eigenvalue weighted by Gasteiger charge is 2.44. The monoisotopic (exact) mass is 510 g/mol. The van der Waals surface area contributed by atoms with E-state index in [9.17, 15) is 22.8 Å². The Kier molecular flexibility index (Phi) is 7.13. The lowest BCUT2D eigenvalue weighted by Gasteiger charge is -2.38. The molecule has 1 amide bonds. The Hall–Kier alpha value is -3.67. The predicted molar refractivity (Wildman–Crippen MR) is 133 cm³/mol. The van der Waals surface area contributed by atoms with Gasteiger partial charge in [-0.25, -0.2) is 4.98 Å². The van der Waals surface area contributed by atoms with Crippen LogP contribution >= 0.6 is 0 Å². The number of benzene rings is 1. The number of halogens is 3. The smallest absolute Gasteiger partial charge is 0.342 e. The van der Waals surface area contributed by atoms with Crippen LogP contribution in [0.15, 0.2) is 36.7 Å². The first-order valence-electron chi connectivity index (χ1n) is 12.2. The molecule has 0 spiro atoms. The van der Waals surface area contributed by atoms with Crippen molar-refractivity contribution < 1.29 is 22.8 Å². The molecule has 1 aliphatic heterocycles. The topological polar surface area (TPSA) is 79.0 Å². The van der Waals surface area contributed by atoms with Gasteiger partial charge in [-0.3, -0.25) is 9.59 Å². The van der Waals surface area contributed by atoms with Crippen LogP contribution in [0.4, 0.5) is 13.2 Å². The zero-order valence-electron chi connectivity index (χ0n) is 21.3. The molecule has 6 nitrogen and oxygen atoms in total. The van der Waals surface area contributed by atoms with Gasteiger partial charge in [0.05, 0.1) is 11.6 Å². The Morgan fingerprint density at radius 3 is 2.68 bits per heavy atom. The van der Waals surface area contributed by atoms with E-state index in [2.05, 4.69) is 4.98 Å². The van der Waals surface area contributed by atoms with E-state index in [1.807, 2.05) is 37.7 Å². The number of rotatable bonds is 5. The van der Waals surface area contributed by atoms with Crippen LogP contribution in [0.25, 0.3) is 11.0 Å². The fourth-order valence-corrected chi connectivity index (χ4v) is 5.29. The van der Waals surface area contributed by atoms with Gasteiger partial charge in [0.25, 0.3) is 0 Å². The van der Waals surface area contributed by atoms with Gasteiger partial charge in [-0.05, 0) is 60.9 Å². The molecule has 194 valence electrons. The highest BCUT2D eigenvalue weighted by Crippen LogP contribution is 2.40. The normalized spacial score (nSPS) is 19.0. The Bertz CT molecular complexity index is 1400. The van der Waals surface area contributed by atoms with E-state index in [1.54, 1.807) is 30.5 Å². The number of likely N-dealkylation sites (tertiary alicyclic amines) is 1.